The van der Waals surface area contributed by atoms with Crippen molar-refractivity contribution in [2.45, 2.75) is 63.7 Å². The summed E-state index contributed by atoms with van der Waals surface area (Å²) in [5.74, 6) is 1.45. The van der Waals surface area contributed by atoms with Crippen molar-refractivity contribution in [3.63, 3.8) is 0 Å². The van der Waals surface area contributed by atoms with Crippen LogP contribution in [0.25, 0.3) is 11.5 Å². The molecule has 2 aliphatic rings. The summed E-state index contributed by atoms with van der Waals surface area (Å²) in [4.78, 5) is 16.9. The van der Waals surface area contributed by atoms with E-state index in [4.69, 9.17) is 0 Å². The highest BCUT2D eigenvalue weighted by Gasteiger charge is 2.33. The standard InChI is InChI=1S/C19H23F3N6/c1-11(12-9-10-12)23-17-26-16(14-7-4-8-15(25-14)19(20,21)22)27-18(28-17)24-13-5-2-3-6-13/h4,7-8,11-13H,2-3,5-6,9-10H2,1H3,(H2,23,24,26,27,28)/t11-/m1/s1. The van der Waals surface area contributed by atoms with Gasteiger partial charge in [0, 0.05) is 12.1 Å². The molecule has 0 aromatic carbocycles. The van der Waals surface area contributed by atoms with Crippen LogP contribution in [0, 0.1) is 5.92 Å². The summed E-state index contributed by atoms with van der Waals surface area (Å²) < 4.78 is 39.1. The average Bonchev–Trinajstić information content (AvgIpc) is 3.39. The molecule has 4 rings (SSSR count). The first kappa shape index (κ1) is 18.9. The van der Waals surface area contributed by atoms with Crippen LogP contribution in [-0.4, -0.2) is 32.0 Å². The topological polar surface area (TPSA) is 75.6 Å². The lowest BCUT2D eigenvalue weighted by Crippen LogP contribution is -2.22. The molecular formula is C19H23F3N6. The summed E-state index contributed by atoms with van der Waals surface area (Å²) in [6.07, 6.45) is 2.16. The molecule has 9 heteroatoms. The summed E-state index contributed by atoms with van der Waals surface area (Å²) in [6, 6.07) is 4.22. The first-order chi connectivity index (χ1) is 13.4. The third kappa shape index (κ3) is 4.51. The maximum atomic E-state index is 13.0. The van der Waals surface area contributed by atoms with E-state index in [9.17, 15) is 13.2 Å². The van der Waals surface area contributed by atoms with E-state index in [-0.39, 0.29) is 23.6 Å². The molecule has 0 unspecified atom stereocenters. The predicted molar refractivity (Wildman–Crippen MR) is 99.7 cm³/mol. The fourth-order valence-electron chi connectivity index (χ4n) is 3.51. The second-order valence-electron chi connectivity index (χ2n) is 7.61. The Balaban J connectivity index is 1.66. The van der Waals surface area contributed by atoms with E-state index < -0.39 is 11.9 Å². The average molecular weight is 392 g/mol. The minimum absolute atomic E-state index is 0.0776. The molecule has 2 heterocycles. The zero-order chi connectivity index (χ0) is 19.7. The van der Waals surface area contributed by atoms with Gasteiger partial charge in [-0.1, -0.05) is 18.9 Å². The van der Waals surface area contributed by atoms with Crippen LogP contribution < -0.4 is 10.6 Å². The van der Waals surface area contributed by atoms with Crippen LogP contribution in [0.2, 0.25) is 0 Å². The van der Waals surface area contributed by atoms with Crippen molar-refractivity contribution < 1.29 is 13.2 Å². The molecule has 2 aromatic heterocycles. The Labute approximate surface area is 161 Å². The highest BCUT2D eigenvalue weighted by atomic mass is 19.4. The van der Waals surface area contributed by atoms with Crippen LogP contribution in [0.15, 0.2) is 18.2 Å². The van der Waals surface area contributed by atoms with Crippen LogP contribution in [-0.2, 0) is 6.18 Å². The van der Waals surface area contributed by atoms with E-state index in [1.807, 2.05) is 0 Å². The van der Waals surface area contributed by atoms with E-state index >= 15 is 0 Å². The fourth-order valence-corrected chi connectivity index (χ4v) is 3.51. The second kappa shape index (κ2) is 7.52. The Hall–Kier alpha value is -2.45. The lowest BCUT2D eigenvalue weighted by molar-refractivity contribution is -0.141. The Morgan fingerprint density at radius 1 is 0.964 bits per heavy atom. The van der Waals surface area contributed by atoms with Gasteiger partial charge >= 0.3 is 6.18 Å². The largest absolute Gasteiger partial charge is 0.433 e. The lowest BCUT2D eigenvalue weighted by Gasteiger charge is -2.16. The Morgan fingerprint density at radius 2 is 1.68 bits per heavy atom. The molecule has 0 spiro atoms. The van der Waals surface area contributed by atoms with Crippen molar-refractivity contribution in [3.8, 4) is 11.5 Å². The number of alkyl halides is 3. The number of halogens is 3. The highest BCUT2D eigenvalue weighted by Crippen LogP contribution is 2.34. The molecule has 28 heavy (non-hydrogen) atoms. The van der Waals surface area contributed by atoms with Gasteiger partial charge in [0.1, 0.15) is 11.4 Å². The summed E-state index contributed by atoms with van der Waals surface area (Å²) in [5, 5.41) is 6.57. The highest BCUT2D eigenvalue weighted by molar-refractivity contribution is 5.54. The number of nitrogens with zero attached hydrogens (tertiary/aromatic N) is 4. The summed E-state index contributed by atoms with van der Waals surface area (Å²) in [6.45, 7) is 2.06. The first-order valence-electron chi connectivity index (χ1n) is 9.72. The van der Waals surface area contributed by atoms with Crippen LogP contribution in [0.5, 0.6) is 0 Å². The molecule has 0 amide bonds. The minimum atomic E-state index is -4.52. The zero-order valence-electron chi connectivity index (χ0n) is 15.6. The monoisotopic (exact) mass is 392 g/mol. The third-order valence-corrected chi connectivity index (χ3v) is 5.28. The first-order valence-corrected chi connectivity index (χ1v) is 9.72. The van der Waals surface area contributed by atoms with Gasteiger partial charge in [-0.05, 0) is 50.7 Å². The van der Waals surface area contributed by atoms with Crippen LogP contribution in [0.1, 0.15) is 51.1 Å². The minimum Gasteiger partial charge on any atom is -0.351 e. The molecule has 0 saturated heterocycles. The third-order valence-electron chi connectivity index (χ3n) is 5.28. The maximum Gasteiger partial charge on any atom is 0.433 e. The van der Waals surface area contributed by atoms with E-state index in [1.165, 1.54) is 12.1 Å². The van der Waals surface area contributed by atoms with Gasteiger partial charge in [-0.15, -0.1) is 0 Å². The fraction of sp³-hybridized carbons (Fsp3) is 0.579. The van der Waals surface area contributed by atoms with Crippen LogP contribution >= 0.6 is 0 Å². The van der Waals surface area contributed by atoms with Crippen molar-refractivity contribution in [2.24, 2.45) is 5.92 Å². The molecule has 0 radical (unpaired) electrons. The van der Waals surface area contributed by atoms with E-state index in [0.29, 0.717) is 17.8 Å². The van der Waals surface area contributed by atoms with Gasteiger partial charge in [-0.2, -0.15) is 28.1 Å². The van der Waals surface area contributed by atoms with Crippen LogP contribution in [0.4, 0.5) is 25.1 Å². The summed E-state index contributed by atoms with van der Waals surface area (Å²) in [7, 11) is 0. The van der Waals surface area contributed by atoms with Gasteiger partial charge in [0.15, 0.2) is 5.82 Å². The number of hydrogen-bond acceptors (Lipinski definition) is 6. The van der Waals surface area contributed by atoms with Gasteiger partial charge < -0.3 is 10.6 Å². The molecule has 0 aliphatic heterocycles. The molecular weight excluding hydrogens is 369 g/mol. The van der Waals surface area contributed by atoms with Gasteiger partial charge in [0.25, 0.3) is 0 Å². The van der Waals surface area contributed by atoms with Gasteiger partial charge in [-0.25, -0.2) is 4.98 Å². The van der Waals surface area contributed by atoms with Gasteiger partial charge in [0.2, 0.25) is 11.9 Å². The van der Waals surface area contributed by atoms with Crippen LogP contribution in [0.3, 0.4) is 0 Å². The smallest absolute Gasteiger partial charge is 0.351 e. The second-order valence-corrected chi connectivity index (χ2v) is 7.61. The van der Waals surface area contributed by atoms with Crippen molar-refractivity contribution in [3.05, 3.63) is 23.9 Å². The molecule has 6 nitrogen and oxygen atoms in total. The molecule has 2 saturated carbocycles. The number of hydrogen-bond donors (Lipinski definition) is 2. The van der Waals surface area contributed by atoms with Crippen molar-refractivity contribution in [2.75, 3.05) is 10.6 Å². The number of rotatable bonds is 6. The molecule has 2 aromatic rings. The number of nitrogens with one attached hydrogen (secondary N) is 2. The normalized spacial score (nSPS) is 18.9. The molecule has 150 valence electrons. The number of pyridine rings is 1. The lowest BCUT2D eigenvalue weighted by atomic mass is 10.2. The molecule has 1 atom stereocenters. The number of anilines is 2. The quantitative estimate of drug-likeness (QED) is 0.753. The van der Waals surface area contributed by atoms with E-state index in [2.05, 4.69) is 37.5 Å². The number of aromatic nitrogens is 4. The Kier molecular flexibility index (Phi) is 5.07. The Bertz CT molecular complexity index is 808. The molecule has 2 N–H and O–H groups in total. The van der Waals surface area contributed by atoms with Gasteiger partial charge in [0.05, 0.1) is 0 Å². The molecule has 2 aliphatic carbocycles. The van der Waals surface area contributed by atoms with E-state index in [0.717, 1.165) is 44.6 Å². The van der Waals surface area contributed by atoms with Crippen molar-refractivity contribution in [1.29, 1.82) is 0 Å². The van der Waals surface area contributed by atoms with Crippen molar-refractivity contribution in [1.82, 2.24) is 19.9 Å². The maximum absolute atomic E-state index is 13.0. The van der Waals surface area contributed by atoms with Crippen molar-refractivity contribution >= 4 is 11.9 Å². The zero-order valence-corrected chi connectivity index (χ0v) is 15.6. The summed E-state index contributed by atoms with van der Waals surface area (Å²) in [5.41, 5.74) is -0.884. The molecule has 0 bridgehead atoms. The SMILES string of the molecule is C[C@@H](Nc1nc(NC2CCCC2)nc(-c2cccc(C(F)(F)F)n2)n1)C1CC1. The van der Waals surface area contributed by atoms with E-state index in [1.54, 1.807) is 0 Å². The van der Waals surface area contributed by atoms with Gasteiger partial charge in [-0.3, -0.25) is 0 Å². The Morgan fingerprint density at radius 3 is 2.36 bits per heavy atom. The summed E-state index contributed by atoms with van der Waals surface area (Å²) >= 11 is 0. The predicted octanol–water partition coefficient (Wildman–Crippen LogP) is 4.52. The molecule has 2 fully saturated rings.